The molecule has 0 spiro atoms. The molecule has 1 unspecified atom stereocenters. The number of nitrogens with zero attached hydrogens (tertiary/aromatic N) is 1. The molecule has 0 amide bonds. The van der Waals surface area contributed by atoms with E-state index in [9.17, 15) is 5.11 Å². The van der Waals surface area contributed by atoms with Gasteiger partial charge in [0.25, 0.3) is 0 Å². The standard InChI is InChI=1S/C14H19NOS/c1-2-14(16)9-15(10-14)8-12-7-11-5-3-4-6-13(11)17-12/h3-6,12,16H,2,7-10H2,1H3. The number of benzene rings is 1. The molecule has 3 rings (SSSR count). The third-order valence-corrected chi connectivity index (χ3v) is 5.17. The summed E-state index contributed by atoms with van der Waals surface area (Å²) in [6, 6.07) is 8.70. The van der Waals surface area contributed by atoms with Crippen molar-refractivity contribution < 1.29 is 5.11 Å². The van der Waals surface area contributed by atoms with Crippen LogP contribution >= 0.6 is 11.8 Å². The van der Waals surface area contributed by atoms with Crippen LogP contribution in [0.2, 0.25) is 0 Å². The number of hydrogen-bond donors (Lipinski definition) is 1. The summed E-state index contributed by atoms with van der Waals surface area (Å²) in [5.74, 6) is 0. The smallest absolute Gasteiger partial charge is 0.0897 e. The molecule has 1 aromatic rings. The van der Waals surface area contributed by atoms with E-state index in [0.717, 1.165) is 26.1 Å². The first-order valence-corrected chi connectivity index (χ1v) is 7.26. The Hall–Kier alpha value is -0.510. The van der Waals surface area contributed by atoms with Gasteiger partial charge in [0.05, 0.1) is 5.60 Å². The topological polar surface area (TPSA) is 23.5 Å². The number of β-amino-alcohol motifs (C(OH)–C–C–N with tert-alkyl or cyclic N) is 1. The first-order valence-electron chi connectivity index (χ1n) is 6.38. The van der Waals surface area contributed by atoms with Gasteiger partial charge in [-0.2, -0.15) is 0 Å². The van der Waals surface area contributed by atoms with E-state index in [0.29, 0.717) is 5.25 Å². The maximum atomic E-state index is 9.99. The van der Waals surface area contributed by atoms with E-state index < -0.39 is 5.60 Å². The zero-order valence-corrected chi connectivity index (χ0v) is 11.0. The van der Waals surface area contributed by atoms with Crippen LogP contribution in [-0.2, 0) is 6.42 Å². The maximum absolute atomic E-state index is 9.99. The molecule has 1 saturated heterocycles. The molecule has 0 saturated carbocycles. The highest BCUT2D eigenvalue weighted by Crippen LogP contribution is 2.38. The summed E-state index contributed by atoms with van der Waals surface area (Å²) in [6.07, 6.45) is 2.06. The molecular weight excluding hydrogens is 230 g/mol. The van der Waals surface area contributed by atoms with Gasteiger partial charge in [0.1, 0.15) is 0 Å². The average molecular weight is 249 g/mol. The van der Waals surface area contributed by atoms with E-state index in [1.54, 1.807) is 0 Å². The predicted octanol–water partition coefficient (Wildman–Crippen LogP) is 2.16. The number of hydrogen-bond acceptors (Lipinski definition) is 3. The lowest BCUT2D eigenvalue weighted by Gasteiger charge is -2.47. The van der Waals surface area contributed by atoms with Crippen molar-refractivity contribution in [1.29, 1.82) is 0 Å². The molecule has 3 heteroatoms. The van der Waals surface area contributed by atoms with Crippen LogP contribution in [0.4, 0.5) is 0 Å². The van der Waals surface area contributed by atoms with Crippen molar-refractivity contribution in [2.75, 3.05) is 19.6 Å². The second-order valence-electron chi connectivity index (χ2n) is 5.30. The Bertz CT molecular complexity index is 389. The van der Waals surface area contributed by atoms with Crippen molar-refractivity contribution in [1.82, 2.24) is 4.90 Å². The van der Waals surface area contributed by atoms with Gasteiger partial charge in [-0.15, -0.1) is 11.8 Å². The minimum atomic E-state index is -0.393. The minimum absolute atomic E-state index is 0.393. The maximum Gasteiger partial charge on any atom is 0.0897 e. The Labute approximate surface area is 107 Å². The van der Waals surface area contributed by atoms with Crippen molar-refractivity contribution in [3.8, 4) is 0 Å². The normalized spacial score (nSPS) is 26.6. The van der Waals surface area contributed by atoms with Crippen molar-refractivity contribution in [3.63, 3.8) is 0 Å². The molecule has 1 aromatic carbocycles. The van der Waals surface area contributed by atoms with E-state index in [1.165, 1.54) is 16.9 Å². The molecule has 0 aliphatic carbocycles. The molecule has 2 heterocycles. The monoisotopic (exact) mass is 249 g/mol. The molecule has 2 nitrogen and oxygen atoms in total. The second-order valence-corrected chi connectivity index (χ2v) is 6.64. The molecule has 1 fully saturated rings. The predicted molar refractivity (Wildman–Crippen MR) is 71.5 cm³/mol. The Balaban J connectivity index is 1.54. The van der Waals surface area contributed by atoms with Crippen LogP contribution in [0.5, 0.6) is 0 Å². The second kappa shape index (κ2) is 4.30. The molecule has 2 aliphatic rings. The van der Waals surface area contributed by atoms with Crippen LogP contribution in [0.3, 0.4) is 0 Å². The lowest BCUT2D eigenvalue weighted by atomic mass is 9.91. The van der Waals surface area contributed by atoms with Crippen LogP contribution in [0.15, 0.2) is 29.2 Å². The van der Waals surface area contributed by atoms with Crippen LogP contribution in [0.25, 0.3) is 0 Å². The van der Waals surface area contributed by atoms with Gasteiger partial charge in [0, 0.05) is 29.8 Å². The largest absolute Gasteiger partial charge is 0.387 e. The van der Waals surface area contributed by atoms with E-state index >= 15 is 0 Å². The van der Waals surface area contributed by atoms with Crippen LogP contribution in [0.1, 0.15) is 18.9 Å². The van der Waals surface area contributed by atoms with Crippen molar-refractivity contribution in [3.05, 3.63) is 29.8 Å². The summed E-state index contributed by atoms with van der Waals surface area (Å²) in [7, 11) is 0. The Morgan fingerprint density at radius 2 is 2.18 bits per heavy atom. The van der Waals surface area contributed by atoms with Gasteiger partial charge < -0.3 is 5.11 Å². The zero-order chi connectivity index (χ0) is 11.9. The van der Waals surface area contributed by atoms with E-state index in [2.05, 4.69) is 36.1 Å². The number of thioether (sulfide) groups is 1. The van der Waals surface area contributed by atoms with Gasteiger partial charge in [0.2, 0.25) is 0 Å². The van der Waals surface area contributed by atoms with Gasteiger partial charge in [-0.1, -0.05) is 25.1 Å². The molecule has 0 bridgehead atoms. The minimum Gasteiger partial charge on any atom is -0.387 e. The molecule has 0 aromatic heterocycles. The zero-order valence-electron chi connectivity index (χ0n) is 10.2. The highest BCUT2D eigenvalue weighted by atomic mass is 32.2. The molecule has 1 atom stereocenters. The van der Waals surface area contributed by atoms with Gasteiger partial charge in [0.15, 0.2) is 0 Å². The van der Waals surface area contributed by atoms with Crippen molar-refractivity contribution in [2.24, 2.45) is 0 Å². The molecule has 92 valence electrons. The summed E-state index contributed by atoms with van der Waals surface area (Å²) in [5.41, 5.74) is 1.10. The van der Waals surface area contributed by atoms with Gasteiger partial charge in [-0.25, -0.2) is 0 Å². The quantitative estimate of drug-likeness (QED) is 0.888. The lowest BCUT2D eigenvalue weighted by molar-refractivity contribution is -0.0986. The van der Waals surface area contributed by atoms with E-state index in [-0.39, 0.29) is 0 Å². The lowest BCUT2D eigenvalue weighted by Crippen LogP contribution is -2.62. The van der Waals surface area contributed by atoms with Crippen LogP contribution < -0.4 is 0 Å². The number of aliphatic hydroxyl groups is 1. The van der Waals surface area contributed by atoms with Gasteiger partial charge in [-0.05, 0) is 24.5 Å². The highest BCUT2D eigenvalue weighted by molar-refractivity contribution is 8.00. The van der Waals surface area contributed by atoms with Crippen LogP contribution in [-0.4, -0.2) is 40.5 Å². The number of fused-ring (bicyclic) bond motifs is 1. The molecular formula is C14H19NOS. The van der Waals surface area contributed by atoms with Gasteiger partial charge >= 0.3 is 0 Å². The van der Waals surface area contributed by atoms with Crippen LogP contribution in [0, 0.1) is 0 Å². The summed E-state index contributed by atoms with van der Waals surface area (Å²) >= 11 is 2.00. The van der Waals surface area contributed by atoms with Crippen molar-refractivity contribution in [2.45, 2.75) is 35.5 Å². The summed E-state index contributed by atoms with van der Waals surface area (Å²) in [6.45, 7) is 4.90. The highest BCUT2D eigenvalue weighted by Gasteiger charge is 2.40. The number of rotatable bonds is 3. The summed E-state index contributed by atoms with van der Waals surface area (Å²) in [5, 5.41) is 10.7. The van der Waals surface area contributed by atoms with E-state index in [1.807, 2.05) is 11.8 Å². The molecule has 1 N–H and O–H groups in total. The molecule has 2 aliphatic heterocycles. The average Bonchev–Trinajstić information content (AvgIpc) is 2.69. The first kappa shape index (κ1) is 11.6. The Morgan fingerprint density at radius 3 is 2.88 bits per heavy atom. The fraction of sp³-hybridized carbons (Fsp3) is 0.571. The molecule has 17 heavy (non-hydrogen) atoms. The number of likely N-dealkylation sites (tertiary alicyclic amines) is 1. The summed E-state index contributed by atoms with van der Waals surface area (Å²) < 4.78 is 0. The van der Waals surface area contributed by atoms with Crippen molar-refractivity contribution >= 4 is 11.8 Å². The Morgan fingerprint density at radius 1 is 1.41 bits per heavy atom. The van der Waals surface area contributed by atoms with E-state index in [4.69, 9.17) is 0 Å². The summed E-state index contributed by atoms with van der Waals surface area (Å²) in [4.78, 5) is 3.83. The Kier molecular flexibility index (Phi) is 2.93. The van der Waals surface area contributed by atoms with Gasteiger partial charge in [-0.3, -0.25) is 4.90 Å². The SMILES string of the molecule is CCC1(O)CN(CC2Cc3ccccc3S2)C1. The third-order valence-electron chi connectivity index (χ3n) is 3.87. The fourth-order valence-corrected chi connectivity index (χ4v) is 4.15. The third kappa shape index (κ3) is 2.24. The molecule has 0 radical (unpaired) electrons. The fourth-order valence-electron chi connectivity index (χ4n) is 2.78. The first-order chi connectivity index (χ1) is 8.18.